The predicted octanol–water partition coefficient (Wildman–Crippen LogP) is 0.156. The first kappa shape index (κ1) is 11.1. The van der Waals surface area contributed by atoms with E-state index in [1.807, 2.05) is 0 Å². The highest BCUT2D eigenvalue weighted by Crippen LogP contribution is 2.07. The number of amides is 1. The number of carbonyl (C=O) groups is 1. The maximum atomic E-state index is 11.9. The molecule has 0 unspecified atom stereocenters. The largest absolute Gasteiger partial charge is 0.417 e. The molecule has 0 saturated carbocycles. The van der Waals surface area contributed by atoms with Crippen molar-refractivity contribution in [2.75, 3.05) is 32.7 Å². The van der Waals surface area contributed by atoms with Crippen molar-refractivity contribution >= 4 is 5.91 Å². The van der Waals surface area contributed by atoms with Crippen molar-refractivity contribution in [3.8, 4) is 0 Å². The van der Waals surface area contributed by atoms with Crippen molar-refractivity contribution in [3.63, 3.8) is 0 Å². The van der Waals surface area contributed by atoms with Crippen LogP contribution in [0.3, 0.4) is 0 Å². The van der Waals surface area contributed by atoms with Gasteiger partial charge in [0.05, 0.1) is 0 Å². The van der Waals surface area contributed by atoms with Gasteiger partial charge in [-0.1, -0.05) is 6.92 Å². The lowest BCUT2D eigenvalue weighted by Gasteiger charge is -2.33. The number of nitrogens with zero attached hydrogens (tertiary/aromatic N) is 4. The van der Waals surface area contributed by atoms with E-state index in [1.165, 1.54) is 0 Å². The smallest absolute Gasteiger partial charge is 0.311 e. The summed E-state index contributed by atoms with van der Waals surface area (Å²) in [4.78, 5) is 16.0. The van der Waals surface area contributed by atoms with Gasteiger partial charge < -0.3 is 14.2 Å². The van der Waals surface area contributed by atoms with Gasteiger partial charge in [0.2, 0.25) is 5.89 Å². The molecule has 6 heteroatoms. The summed E-state index contributed by atoms with van der Waals surface area (Å²) in [6, 6.07) is 0. The SMILES string of the molecule is CCN1CCN(C(=O)c2nnc(C)o2)CC1. The number of hydrogen-bond acceptors (Lipinski definition) is 5. The minimum Gasteiger partial charge on any atom is -0.417 e. The molecule has 1 aromatic heterocycles. The zero-order valence-electron chi connectivity index (χ0n) is 9.64. The van der Waals surface area contributed by atoms with E-state index in [2.05, 4.69) is 22.0 Å². The van der Waals surface area contributed by atoms with Crippen LogP contribution in [0.2, 0.25) is 0 Å². The van der Waals surface area contributed by atoms with Gasteiger partial charge in [-0.05, 0) is 6.54 Å². The van der Waals surface area contributed by atoms with E-state index >= 15 is 0 Å². The lowest BCUT2D eigenvalue weighted by Crippen LogP contribution is -2.48. The van der Waals surface area contributed by atoms with E-state index in [-0.39, 0.29) is 11.8 Å². The summed E-state index contributed by atoms with van der Waals surface area (Å²) in [5, 5.41) is 7.40. The first-order valence-corrected chi connectivity index (χ1v) is 5.52. The molecule has 16 heavy (non-hydrogen) atoms. The molecule has 1 aliphatic rings. The maximum absolute atomic E-state index is 11.9. The third-order valence-electron chi connectivity index (χ3n) is 2.82. The van der Waals surface area contributed by atoms with E-state index in [1.54, 1.807) is 11.8 Å². The Kier molecular flexibility index (Phi) is 3.19. The lowest BCUT2D eigenvalue weighted by atomic mass is 10.3. The number of aromatic nitrogens is 2. The van der Waals surface area contributed by atoms with Gasteiger partial charge in [0.25, 0.3) is 0 Å². The Balaban J connectivity index is 1.96. The molecule has 0 atom stereocenters. The van der Waals surface area contributed by atoms with Crippen LogP contribution in [-0.4, -0.2) is 58.6 Å². The van der Waals surface area contributed by atoms with Gasteiger partial charge in [-0.3, -0.25) is 4.79 Å². The number of rotatable bonds is 2. The summed E-state index contributed by atoms with van der Waals surface area (Å²) < 4.78 is 5.12. The van der Waals surface area contributed by atoms with Crippen molar-refractivity contribution in [1.82, 2.24) is 20.0 Å². The molecule has 0 spiro atoms. The molecule has 1 fully saturated rings. The third kappa shape index (κ3) is 2.21. The van der Waals surface area contributed by atoms with Crippen molar-refractivity contribution < 1.29 is 9.21 Å². The second-order valence-electron chi connectivity index (χ2n) is 3.85. The monoisotopic (exact) mass is 224 g/mol. The zero-order chi connectivity index (χ0) is 11.5. The summed E-state index contributed by atoms with van der Waals surface area (Å²) in [7, 11) is 0. The summed E-state index contributed by atoms with van der Waals surface area (Å²) in [5.74, 6) is 0.370. The van der Waals surface area contributed by atoms with E-state index in [0.29, 0.717) is 5.89 Å². The summed E-state index contributed by atoms with van der Waals surface area (Å²) in [5.41, 5.74) is 0. The molecule has 2 heterocycles. The van der Waals surface area contributed by atoms with Gasteiger partial charge >= 0.3 is 11.8 Å². The molecule has 0 radical (unpaired) electrons. The number of carbonyl (C=O) groups excluding carboxylic acids is 1. The molecular weight excluding hydrogens is 208 g/mol. The van der Waals surface area contributed by atoms with E-state index < -0.39 is 0 Å². The average Bonchev–Trinajstić information content (AvgIpc) is 2.75. The van der Waals surface area contributed by atoms with Crippen molar-refractivity contribution in [2.45, 2.75) is 13.8 Å². The van der Waals surface area contributed by atoms with Crippen molar-refractivity contribution in [3.05, 3.63) is 11.8 Å². The summed E-state index contributed by atoms with van der Waals surface area (Å²) >= 11 is 0. The molecule has 0 aromatic carbocycles. The first-order valence-electron chi connectivity index (χ1n) is 5.52. The predicted molar refractivity (Wildman–Crippen MR) is 57.1 cm³/mol. The van der Waals surface area contributed by atoms with Crippen LogP contribution in [0.1, 0.15) is 23.5 Å². The standard InChI is InChI=1S/C10H16N4O2/c1-3-13-4-6-14(7-5-13)10(15)9-12-11-8(2)16-9/h3-7H2,1-2H3. The Morgan fingerprint density at radius 2 is 2.00 bits per heavy atom. The fourth-order valence-corrected chi connectivity index (χ4v) is 1.79. The number of piperazine rings is 1. The van der Waals surface area contributed by atoms with Crippen LogP contribution in [0.15, 0.2) is 4.42 Å². The molecule has 1 aliphatic heterocycles. The molecule has 1 aromatic rings. The van der Waals surface area contributed by atoms with Crippen molar-refractivity contribution in [2.24, 2.45) is 0 Å². The number of hydrogen-bond donors (Lipinski definition) is 0. The van der Waals surface area contributed by atoms with Gasteiger partial charge in [0, 0.05) is 33.1 Å². The van der Waals surface area contributed by atoms with Crippen LogP contribution in [0, 0.1) is 6.92 Å². The highest BCUT2D eigenvalue weighted by atomic mass is 16.4. The van der Waals surface area contributed by atoms with Crippen molar-refractivity contribution in [1.29, 1.82) is 0 Å². The minimum atomic E-state index is -0.156. The zero-order valence-corrected chi connectivity index (χ0v) is 9.64. The van der Waals surface area contributed by atoms with Crippen LogP contribution in [0.25, 0.3) is 0 Å². The van der Waals surface area contributed by atoms with Crippen LogP contribution in [0.5, 0.6) is 0 Å². The van der Waals surface area contributed by atoms with Crippen LogP contribution in [-0.2, 0) is 0 Å². The molecule has 88 valence electrons. The molecule has 1 saturated heterocycles. The number of likely N-dealkylation sites (N-methyl/N-ethyl adjacent to an activating group) is 1. The first-order chi connectivity index (χ1) is 7.70. The Morgan fingerprint density at radius 1 is 1.31 bits per heavy atom. The van der Waals surface area contributed by atoms with Gasteiger partial charge in [0.15, 0.2) is 0 Å². The second kappa shape index (κ2) is 4.61. The average molecular weight is 224 g/mol. The number of aryl methyl sites for hydroxylation is 1. The summed E-state index contributed by atoms with van der Waals surface area (Å²) in [6.45, 7) is 8.12. The lowest BCUT2D eigenvalue weighted by molar-refractivity contribution is 0.0603. The fourth-order valence-electron chi connectivity index (χ4n) is 1.79. The molecule has 1 amide bonds. The Labute approximate surface area is 94.2 Å². The van der Waals surface area contributed by atoms with Crippen LogP contribution in [0.4, 0.5) is 0 Å². The minimum absolute atomic E-state index is 0.0995. The van der Waals surface area contributed by atoms with Crippen LogP contribution < -0.4 is 0 Å². The maximum Gasteiger partial charge on any atom is 0.311 e. The third-order valence-corrected chi connectivity index (χ3v) is 2.82. The van der Waals surface area contributed by atoms with Gasteiger partial charge in [-0.15, -0.1) is 10.2 Å². The molecule has 2 rings (SSSR count). The normalized spacial score (nSPS) is 17.8. The summed E-state index contributed by atoms with van der Waals surface area (Å²) in [6.07, 6.45) is 0. The highest BCUT2D eigenvalue weighted by Gasteiger charge is 2.24. The quantitative estimate of drug-likeness (QED) is 0.716. The molecule has 6 nitrogen and oxygen atoms in total. The highest BCUT2D eigenvalue weighted by molar-refractivity contribution is 5.89. The van der Waals surface area contributed by atoms with Gasteiger partial charge in [-0.2, -0.15) is 0 Å². The molecule has 0 aliphatic carbocycles. The van der Waals surface area contributed by atoms with Gasteiger partial charge in [0.1, 0.15) is 0 Å². The second-order valence-corrected chi connectivity index (χ2v) is 3.85. The fraction of sp³-hybridized carbons (Fsp3) is 0.700. The van der Waals surface area contributed by atoms with E-state index in [4.69, 9.17) is 4.42 Å². The van der Waals surface area contributed by atoms with Gasteiger partial charge in [-0.25, -0.2) is 0 Å². The Morgan fingerprint density at radius 3 is 2.50 bits per heavy atom. The van der Waals surface area contributed by atoms with E-state index in [0.717, 1.165) is 32.7 Å². The van der Waals surface area contributed by atoms with Crippen LogP contribution >= 0.6 is 0 Å². The Hall–Kier alpha value is -1.43. The Bertz CT molecular complexity index is 369. The molecule has 0 bridgehead atoms. The molecular formula is C10H16N4O2. The topological polar surface area (TPSA) is 62.5 Å². The molecule has 0 N–H and O–H groups in total. The van der Waals surface area contributed by atoms with E-state index in [9.17, 15) is 4.79 Å².